The van der Waals surface area contributed by atoms with Crippen LogP contribution in [-0.4, -0.2) is 16.6 Å². The van der Waals surface area contributed by atoms with Crippen LogP contribution in [0.25, 0.3) is 0 Å². The van der Waals surface area contributed by atoms with Crippen molar-refractivity contribution in [1.29, 1.82) is 0 Å². The van der Waals surface area contributed by atoms with Crippen molar-refractivity contribution in [1.82, 2.24) is 9.97 Å². The van der Waals surface area contributed by atoms with E-state index in [1.807, 2.05) is 44.2 Å². The van der Waals surface area contributed by atoms with E-state index in [-0.39, 0.29) is 0 Å². The molecule has 0 bridgehead atoms. The molecule has 4 heteroatoms. The van der Waals surface area contributed by atoms with Gasteiger partial charge in [-0.3, -0.25) is 0 Å². The minimum atomic E-state index is 0.590. The van der Waals surface area contributed by atoms with Crippen LogP contribution in [0.15, 0.2) is 36.5 Å². The van der Waals surface area contributed by atoms with Crippen molar-refractivity contribution in [2.45, 2.75) is 13.8 Å². The van der Waals surface area contributed by atoms with Gasteiger partial charge in [0.1, 0.15) is 11.5 Å². The molecule has 88 valence electrons. The first-order valence-electron chi connectivity index (χ1n) is 5.58. The molecule has 1 N–H and O–H groups in total. The lowest BCUT2D eigenvalue weighted by molar-refractivity contribution is 0.329. The molecule has 2 aromatic rings. The molecule has 0 aliphatic rings. The normalized spacial score (nSPS) is 10.0. The van der Waals surface area contributed by atoms with Crippen LogP contribution in [0.2, 0.25) is 0 Å². The summed E-state index contributed by atoms with van der Waals surface area (Å²) in [6.45, 7) is 4.48. The average molecular weight is 229 g/mol. The van der Waals surface area contributed by atoms with E-state index in [0.29, 0.717) is 12.5 Å². The molecule has 0 aromatic carbocycles. The topological polar surface area (TPSA) is 47.0 Å². The van der Waals surface area contributed by atoms with Crippen LogP contribution in [0.4, 0.5) is 11.5 Å². The molecule has 0 aliphatic heterocycles. The number of aromatic nitrogens is 2. The third kappa shape index (κ3) is 2.93. The van der Waals surface area contributed by atoms with Crippen molar-refractivity contribution in [2.24, 2.45) is 0 Å². The summed E-state index contributed by atoms with van der Waals surface area (Å²) in [6, 6.07) is 9.61. The summed E-state index contributed by atoms with van der Waals surface area (Å²) in [6.07, 6.45) is 1.71. The van der Waals surface area contributed by atoms with Crippen molar-refractivity contribution in [3.63, 3.8) is 0 Å². The first-order valence-corrected chi connectivity index (χ1v) is 5.58. The Morgan fingerprint density at radius 3 is 2.88 bits per heavy atom. The fourth-order valence-electron chi connectivity index (χ4n) is 1.49. The number of rotatable bonds is 4. The molecule has 0 aliphatic carbocycles. The molecular formula is C13H15N3O. The molecule has 17 heavy (non-hydrogen) atoms. The number of anilines is 2. The van der Waals surface area contributed by atoms with E-state index < -0.39 is 0 Å². The van der Waals surface area contributed by atoms with Crippen molar-refractivity contribution in [2.75, 3.05) is 11.9 Å². The molecule has 0 saturated carbocycles. The summed E-state index contributed by atoms with van der Waals surface area (Å²) in [5.41, 5.74) is 1.80. The Bertz CT molecular complexity index is 500. The van der Waals surface area contributed by atoms with Gasteiger partial charge in [-0.05, 0) is 38.1 Å². The van der Waals surface area contributed by atoms with Crippen LogP contribution >= 0.6 is 0 Å². The number of aryl methyl sites for hydroxylation is 1. The lowest BCUT2D eigenvalue weighted by Crippen LogP contribution is -2.01. The lowest BCUT2D eigenvalue weighted by atomic mass is 10.3. The maximum atomic E-state index is 5.44. The van der Waals surface area contributed by atoms with E-state index in [4.69, 9.17) is 4.74 Å². The highest BCUT2D eigenvalue weighted by Crippen LogP contribution is 2.23. The average Bonchev–Trinajstić information content (AvgIpc) is 2.32. The largest absolute Gasteiger partial charge is 0.476 e. The van der Waals surface area contributed by atoms with Crippen LogP contribution in [0.1, 0.15) is 12.6 Å². The van der Waals surface area contributed by atoms with Gasteiger partial charge in [-0.25, -0.2) is 9.97 Å². The molecule has 0 fully saturated rings. The van der Waals surface area contributed by atoms with Gasteiger partial charge in [-0.2, -0.15) is 0 Å². The molecule has 2 rings (SSSR count). The maximum Gasteiger partial charge on any atom is 0.237 e. The van der Waals surface area contributed by atoms with Crippen molar-refractivity contribution in [3.05, 3.63) is 42.2 Å². The molecular weight excluding hydrogens is 214 g/mol. The van der Waals surface area contributed by atoms with Gasteiger partial charge < -0.3 is 10.1 Å². The van der Waals surface area contributed by atoms with E-state index in [1.165, 1.54) is 0 Å². The van der Waals surface area contributed by atoms with Gasteiger partial charge >= 0.3 is 0 Å². The van der Waals surface area contributed by atoms with Gasteiger partial charge in [0, 0.05) is 11.9 Å². The molecule has 0 atom stereocenters. The molecule has 0 saturated heterocycles. The second-order valence-corrected chi connectivity index (χ2v) is 3.58. The smallest absolute Gasteiger partial charge is 0.237 e. The van der Waals surface area contributed by atoms with E-state index in [1.54, 1.807) is 6.20 Å². The number of ether oxygens (including phenoxy) is 1. The van der Waals surface area contributed by atoms with E-state index in [2.05, 4.69) is 15.3 Å². The van der Waals surface area contributed by atoms with Gasteiger partial charge in [0.2, 0.25) is 5.88 Å². The van der Waals surface area contributed by atoms with Gasteiger partial charge in [-0.1, -0.05) is 6.07 Å². The number of hydrogen-bond acceptors (Lipinski definition) is 4. The first-order chi connectivity index (χ1) is 8.29. The zero-order valence-corrected chi connectivity index (χ0v) is 9.97. The van der Waals surface area contributed by atoms with E-state index in [9.17, 15) is 0 Å². The number of nitrogens with zero attached hydrogens (tertiary/aromatic N) is 2. The zero-order valence-electron chi connectivity index (χ0n) is 9.97. The Morgan fingerprint density at radius 1 is 1.24 bits per heavy atom. The van der Waals surface area contributed by atoms with E-state index >= 15 is 0 Å². The van der Waals surface area contributed by atoms with Gasteiger partial charge in [0.25, 0.3) is 0 Å². The van der Waals surface area contributed by atoms with Crippen molar-refractivity contribution < 1.29 is 4.74 Å². The summed E-state index contributed by atoms with van der Waals surface area (Å²) in [4.78, 5) is 8.55. The van der Waals surface area contributed by atoms with Crippen LogP contribution in [0.3, 0.4) is 0 Å². The quantitative estimate of drug-likeness (QED) is 0.875. The summed E-state index contributed by atoms with van der Waals surface area (Å²) < 4.78 is 5.44. The van der Waals surface area contributed by atoms with Crippen molar-refractivity contribution >= 4 is 11.5 Å². The minimum Gasteiger partial charge on any atom is -0.476 e. The Morgan fingerprint density at radius 2 is 2.12 bits per heavy atom. The van der Waals surface area contributed by atoms with Crippen LogP contribution < -0.4 is 10.1 Å². The number of pyridine rings is 2. The molecule has 0 amide bonds. The Hall–Kier alpha value is -2.10. The fourth-order valence-corrected chi connectivity index (χ4v) is 1.49. The monoisotopic (exact) mass is 229 g/mol. The first kappa shape index (κ1) is 11.4. The summed E-state index contributed by atoms with van der Waals surface area (Å²) in [5, 5.41) is 3.20. The number of hydrogen-bond donors (Lipinski definition) is 1. The minimum absolute atomic E-state index is 0.590. The van der Waals surface area contributed by atoms with Crippen LogP contribution in [0.5, 0.6) is 5.88 Å². The maximum absolute atomic E-state index is 5.44. The Balaban J connectivity index is 2.23. The molecule has 2 aromatic heterocycles. The summed E-state index contributed by atoms with van der Waals surface area (Å²) in [7, 11) is 0. The summed E-state index contributed by atoms with van der Waals surface area (Å²) in [5.74, 6) is 1.39. The molecule has 0 unspecified atom stereocenters. The lowest BCUT2D eigenvalue weighted by Gasteiger charge is -2.10. The summed E-state index contributed by atoms with van der Waals surface area (Å²) >= 11 is 0. The predicted octanol–water partition coefficient (Wildman–Crippen LogP) is 2.93. The van der Waals surface area contributed by atoms with Gasteiger partial charge in [0.05, 0.1) is 6.61 Å². The highest BCUT2D eigenvalue weighted by atomic mass is 16.5. The van der Waals surface area contributed by atoms with Gasteiger partial charge in [0.15, 0.2) is 0 Å². The van der Waals surface area contributed by atoms with Crippen LogP contribution in [0, 0.1) is 6.92 Å². The van der Waals surface area contributed by atoms with Gasteiger partial charge in [-0.15, -0.1) is 0 Å². The molecule has 0 spiro atoms. The third-order valence-corrected chi connectivity index (χ3v) is 2.20. The second kappa shape index (κ2) is 5.30. The second-order valence-electron chi connectivity index (χ2n) is 3.58. The molecule has 4 nitrogen and oxygen atoms in total. The highest BCUT2D eigenvalue weighted by molar-refractivity contribution is 5.61. The standard InChI is InChI=1S/C13H15N3O/c1-3-17-13-11(7-5-9-14-13)16-12-8-4-6-10(2)15-12/h4-9H,3H2,1-2H3,(H,15,16). The SMILES string of the molecule is CCOc1ncccc1Nc1cccc(C)n1. The Labute approximate surface area is 101 Å². The Kier molecular flexibility index (Phi) is 3.55. The van der Waals surface area contributed by atoms with Crippen LogP contribution in [-0.2, 0) is 0 Å². The molecule has 2 heterocycles. The van der Waals surface area contributed by atoms with E-state index in [0.717, 1.165) is 17.2 Å². The predicted molar refractivity (Wildman–Crippen MR) is 67.7 cm³/mol. The van der Waals surface area contributed by atoms with Crippen molar-refractivity contribution in [3.8, 4) is 5.88 Å². The zero-order chi connectivity index (χ0) is 12.1. The molecule has 0 radical (unpaired) electrons. The fraction of sp³-hybridized carbons (Fsp3) is 0.231. The number of nitrogens with one attached hydrogen (secondary N) is 1. The third-order valence-electron chi connectivity index (χ3n) is 2.20. The highest BCUT2D eigenvalue weighted by Gasteiger charge is 2.04.